The number of hydrogen-bond acceptors (Lipinski definition) is 3. The van der Waals surface area contributed by atoms with Crippen LogP contribution >= 0.6 is 11.3 Å². The van der Waals surface area contributed by atoms with Crippen molar-refractivity contribution in [3.05, 3.63) is 45.6 Å². The van der Waals surface area contributed by atoms with E-state index in [0.717, 1.165) is 10.9 Å². The first-order chi connectivity index (χ1) is 10.2. The molecule has 1 N–H and O–H groups in total. The van der Waals surface area contributed by atoms with E-state index in [1.165, 1.54) is 23.5 Å². The van der Waals surface area contributed by atoms with Gasteiger partial charge in [0.25, 0.3) is 5.91 Å². The fraction of sp³-hybridized carbons (Fsp3) is 0.267. The number of aryl methyl sites for hydroxylation is 1. The highest BCUT2D eigenvalue weighted by Crippen LogP contribution is 2.37. The zero-order chi connectivity index (χ0) is 16.5. The Morgan fingerprint density at radius 3 is 2.36 bits per heavy atom. The molecular weight excluding hydrogens is 313 g/mol. The third-order valence-electron chi connectivity index (χ3n) is 3.04. The average Bonchev–Trinajstić information content (AvgIpc) is 2.84. The van der Waals surface area contributed by atoms with Crippen molar-refractivity contribution in [3.63, 3.8) is 0 Å². The number of carbonyl (C=O) groups excluding carboxylic acids is 1. The van der Waals surface area contributed by atoms with Crippen molar-refractivity contribution >= 4 is 28.6 Å². The molecule has 3 nitrogen and oxygen atoms in total. The molecule has 0 radical (unpaired) electrons. The van der Waals surface area contributed by atoms with Gasteiger partial charge in [0.05, 0.1) is 16.1 Å². The van der Waals surface area contributed by atoms with E-state index in [-0.39, 0.29) is 5.69 Å². The Labute approximate surface area is 130 Å². The first-order valence-electron chi connectivity index (χ1n) is 6.45. The number of thiophene rings is 1. The van der Waals surface area contributed by atoms with Gasteiger partial charge >= 0.3 is 6.18 Å². The van der Waals surface area contributed by atoms with Gasteiger partial charge in [-0.05, 0) is 37.3 Å². The third kappa shape index (κ3) is 3.59. The van der Waals surface area contributed by atoms with E-state index in [1.54, 1.807) is 31.1 Å². The van der Waals surface area contributed by atoms with Crippen LogP contribution in [0.1, 0.15) is 20.1 Å². The van der Waals surface area contributed by atoms with Crippen LogP contribution in [0.2, 0.25) is 0 Å². The van der Waals surface area contributed by atoms with Crippen LogP contribution in [0.25, 0.3) is 0 Å². The van der Waals surface area contributed by atoms with Crippen LogP contribution in [0.4, 0.5) is 24.5 Å². The highest BCUT2D eigenvalue weighted by Gasteiger charge is 2.34. The number of rotatable bonds is 3. The van der Waals surface area contributed by atoms with Gasteiger partial charge in [-0.15, -0.1) is 11.3 Å². The van der Waals surface area contributed by atoms with Crippen molar-refractivity contribution in [1.82, 2.24) is 0 Å². The van der Waals surface area contributed by atoms with E-state index in [4.69, 9.17) is 0 Å². The molecule has 0 bridgehead atoms. The monoisotopic (exact) mass is 328 g/mol. The summed E-state index contributed by atoms with van der Waals surface area (Å²) in [5.41, 5.74) is -0.688. The number of nitrogens with one attached hydrogen (secondary N) is 1. The van der Waals surface area contributed by atoms with Gasteiger partial charge in [0.2, 0.25) is 0 Å². The molecule has 22 heavy (non-hydrogen) atoms. The molecule has 2 aromatic rings. The molecule has 0 aliphatic heterocycles. The lowest BCUT2D eigenvalue weighted by Crippen LogP contribution is -2.17. The molecular formula is C15H15F3N2OS. The lowest BCUT2D eigenvalue weighted by atomic mass is 10.1. The lowest BCUT2D eigenvalue weighted by Gasteiger charge is -2.18. The van der Waals surface area contributed by atoms with Crippen molar-refractivity contribution < 1.29 is 18.0 Å². The first-order valence-corrected chi connectivity index (χ1v) is 7.26. The Morgan fingerprint density at radius 2 is 1.86 bits per heavy atom. The topological polar surface area (TPSA) is 32.3 Å². The largest absolute Gasteiger partial charge is 0.418 e. The van der Waals surface area contributed by atoms with Crippen molar-refractivity contribution in [1.29, 1.82) is 0 Å². The van der Waals surface area contributed by atoms with E-state index in [1.807, 2.05) is 6.92 Å². The van der Waals surface area contributed by atoms with E-state index in [2.05, 4.69) is 5.32 Å². The van der Waals surface area contributed by atoms with Crippen LogP contribution in [0.3, 0.4) is 0 Å². The standard InChI is InChI=1S/C15H15F3N2OS/c1-9-4-7-13(22-9)14(21)19-12-6-5-10(20(2)3)8-11(12)15(16,17)18/h4-8H,1-3H3,(H,19,21). The molecule has 0 spiro atoms. The molecule has 0 saturated carbocycles. The number of carbonyl (C=O) groups is 1. The maximum absolute atomic E-state index is 13.2. The highest BCUT2D eigenvalue weighted by molar-refractivity contribution is 7.14. The van der Waals surface area contributed by atoms with Gasteiger partial charge in [0, 0.05) is 24.7 Å². The van der Waals surface area contributed by atoms with Crippen molar-refractivity contribution in [2.45, 2.75) is 13.1 Å². The minimum absolute atomic E-state index is 0.242. The van der Waals surface area contributed by atoms with Crippen LogP contribution in [0.5, 0.6) is 0 Å². The molecule has 118 valence electrons. The van der Waals surface area contributed by atoms with Crippen LogP contribution in [-0.2, 0) is 6.18 Å². The van der Waals surface area contributed by atoms with E-state index < -0.39 is 17.6 Å². The second-order valence-electron chi connectivity index (χ2n) is 4.99. The van der Waals surface area contributed by atoms with Gasteiger partial charge in [0.15, 0.2) is 0 Å². The predicted molar refractivity (Wildman–Crippen MR) is 82.8 cm³/mol. The summed E-state index contributed by atoms with van der Waals surface area (Å²) in [6, 6.07) is 7.17. The molecule has 0 atom stereocenters. The quantitative estimate of drug-likeness (QED) is 0.906. The summed E-state index contributed by atoms with van der Waals surface area (Å²) in [6.07, 6.45) is -4.54. The van der Waals surface area contributed by atoms with Gasteiger partial charge in [-0.25, -0.2) is 0 Å². The molecule has 1 amide bonds. The van der Waals surface area contributed by atoms with Crippen LogP contribution in [0, 0.1) is 6.92 Å². The summed E-state index contributed by atoms with van der Waals surface area (Å²) in [5.74, 6) is -0.541. The maximum atomic E-state index is 13.2. The molecule has 2 rings (SSSR count). The summed E-state index contributed by atoms with van der Waals surface area (Å²) in [6.45, 7) is 1.83. The predicted octanol–water partition coefficient (Wildman–Crippen LogP) is 4.39. The van der Waals surface area contributed by atoms with Crippen LogP contribution < -0.4 is 10.2 Å². The summed E-state index contributed by atoms with van der Waals surface area (Å²) in [4.78, 5) is 14.9. The second-order valence-corrected chi connectivity index (χ2v) is 6.27. The Balaban J connectivity index is 2.36. The molecule has 0 fully saturated rings. The van der Waals surface area contributed by atoms with Gasteiger partial charge < -0.3 is 10.2 Å². The molecule has 0 unspecified atom stereocenters. The van der Waals surface area contributed by atoms with Gasteiger partial charge in [0.1, 0.15) is 0 Å². The number of benzene rings is 1. The molecule has 1 aromatic carbocycles. The highest BCUT2D eigenvalue weighted by atomic mass is 32.1. The number of halogens is 3. The zero-order valence-electron chi connectivity index (χ0n) is 12.3. The third-order valence-corrected chi connectivity index (χ3v) is 4.04. The summed E-state index contributed by atoms with van der Waals surface area (Å²) >= 11 is 1.23. The smallest absolute Gasteiger partial charge is 0.378 e. The minimum Gasteiger partial charge on any atom is -0.378 e. The lowest BCUT2D eigenvalue weighted by molar-refractivity contribution is -0.136. The van der Waals surface area contributed by atoms with Crippen molar-refractivity contribution in [3.8, 4) is 0 Å². The Kier molecular flexibility index (Phi) is 4.46. The Morgan fingerprint density at radius 1 is 1.18 bits per heavy atom. The second kappa shape index (κ2) is 6.00. The summed E-state index contributed by atoms with van der Waals surface area (Å²) < 4.78 is 39.5. The average molecular weight is 328 g/mol. The van der Waals surface area contributed by atoms with Gasteiger partial charge in [-0.1, -0.05) is 0 Å². The molecule has 0 saturated heterocycles. The van der Waals surface area contributed by atoms with Gasteiger partial charge in [-0.2, -0.15) is 13.2 Å². The van der Waals surface area contributed by atoms with Gasteiger partial charge in [-0.3, -0.25) is 4.79 Å². The van der Waals surface area contributed by atoms with E-state index in [9.17, 15) is 18.0 Å². The maximum Gasteiger partial charge on any atom is 0.418 e. The first kappa shape index (κ1) is 16.4. The fourth-order valence-corrected chi connectivity index (χ4v) is 2.66. The molecule has 1 aromatic heterocycles. The fourth-order valence-electron chi connectivity index (χ4n) is 1.89. The number of anilines is 2. The Bertz CT molecular complexity index is 692. The normalized spacial score (nSPS) is 11.4. The Hall–Kier alpha value is -2.02. The summed E-state index contributed by atoms with van der Waals surface area (Å²) in [5, 5.41) is 2.35. The number of amides is 1. The van der Waals surface area contributed by atoms with Crippen LogP contribution in [-0.4, -0.2) is 20.0 Å². The van der Waals surface area contributed by atoms with Crippen molar-refractivity contribution in [2.75, 3.05) is 24.3 Å². The number of hydrogen-bond donors (Lipinski definition) is 1. The number of alkyl halides is 3. The molecule has 0 aliphatic rings. The van der Waals surface area contributed by atoms with Crippen molar-refractivity contribution in [2.24, 2.45) is 0 Å². The minimum atomic E-state index is -4.54. The molecule has 7 heteroatoms. The molecule has 1 heterocycles. The van der Waals surface area contributed by atoms with E-state index in [0.29, 0.717) is 10.6 Å². The van der Waals surface area contributed by atoms with Crippen LogP contribution in [0.15, 0.2) is 30.3 Å². The number of nitrogens with zero attached hydrogens (tertiary/aromatic N) is 1. The SMILES string of the molecule is Cc1ccc(C(=O)Nc2ccc(N(C)C)cc2C(F)(F)F)s1. The molecule has 0 aliphatic carbocycles. The van der Waals surface area contributed by atoms with E-state index >= 15 is 0 Å². The summed E-state index contributed by atoms with van der Waals surface area (Å²) in [7, 11) is 3.31. The zero-order valence-corrected chi connectivity index (χ0v) is 13.1.